The van der Waals surface area contributed by atoms with E-state index in [2.05, 4.69) is 37.9 Å². The summed E-state index contributed by atoms with van der Waals surface area (Å²) in [6, 6.07) is 0. The van der Waals surface area contributed by atoms with Crippen LogP contribution in [0.3, 0.4) is 0 Å². The molecule has 2 fully saturated rings. The van der Waals surface area contributed by atoms with Gasteiger partial charge in [0.1, 0.15) is 0 Å². The van der Waals surface area contributed by atoms with Gasteiger partial charge in [0.15, 0.2) is 6.23 Å². The Kier molecular flexibility index (Phi) is 3.28. The summed E-state index contributed by atoms with van der Waals surface area (Å²) in [4.78, 5) is 0. The Morgan fingerprint density at radius 1 is 1.31 bits per heavy atom. The highest BCUT2D eigenvalue weighted by atomic mass is 16.5. The zero-order chi connectivity index (χ0) is 11.8. The summed E-state index contributed by atoms with van der Waals surface area (Å²) in [6.45, 7) is 8.77. The first-order valence-corrected chi connectivity index (χ1v) is 6.38. The molecule has 1 heterocycles. The van der Waals surface area contributed by atoms with Crippen molar-refractivity contribution in [2.45, 2.75) is 64.8 Å². The average molecular weight is 221 g/mol. The fourth-order valence-electron chi connectivity index (χ4n) is 3.16. The fraction of sp³-hybridized carbons (Fsp3) is 0.857. The summed E-state index contributed by atoms with van der Waals surface area (Å²) in [5.41, 5.74) is 0.150. The Morgan fingerprint density at radius 3 is 2.75 bits per heavy atom. The van der Waals surface area contributed by atoms with Gasteiger partial charge in [-0.2, -0.15) is 0 Å². The smallest absolute Gasteiger partial charge is 0.172 e. The lowest BCUT2D eigenvalue weighted by molar-refractivity contribution is -0.133. The Bertz CT molecular complexity index is 312. The van der Waals surface area contributed by atoms with Crippen LogP contribution in [0.5, 0.6) is 0 Å². The van der Waals surface area contributed by atoms with Crippen molar-refractivity contribution in [3.05, 3.63) is 0 Å². The molecule has 0 radical (unpaired) electrons. The van der Waals surface area contributed by atoms with Crippen LogP contribution >= 0.6 is 0 Å². The van der Waals surface area contributed by atoms with Crippen LogP contribution in [0.15, 0.2) is 0 Å². The van der Waals surface area contributed by atoms with Gasteiger partial charge in [-0.15, -0.1) is 5.92 Å². The SMILES string of the molecule is CC#C[C@H]1NC(C)(C)[C@@H]2CC[C@@H](C)C[C@H]2O1. The molecule has 2 aliphatic rings. The third-order valence-electron chi connectivity index (χ3n) is 4.07. The molecule has 1 N–H and O–H groups in total. The lowest BCUT2D eigenvalue weighted by atomic mass is 9.71. The molecule has 16 heavy (non-hydrogen) atoms. The predicted octanol–water partition coefficient (Wildman–Crippen LogP) is 2.54. The van der Waals surface area contributed by atoms with Gasteiger partial charge in [0, 0.05) is 11.5 Å². The van der Waals surface area contributed by atoms with E-state index >= 15 is 0 Å². The first-order chi connectivity index (χ1) is 7.53. The van der Waals surface area contributed by atoms with Crippen molar-refractivity contribution < 1.29 is 4.74 Å². The van der Waals surface area contributed by atoms with Crippen molar-refractivity contribution >= 4 is 0 Å². The van der Waals surface area contributed by atoms with E-state index in [0.29, 0.717) is 12.0 Å². The molecule has 90 valence electrons. The highest BCUT2D eigenvalue weighted by Gasteiger charge is 2.45. The molecule has 0 aromatic carbocycles. The molecule has 0 aromatic rings. The van der Waals surface area contributed by atoms with Crippen LogP contribution in [0.2, 0.25) is 0 Å². The molecule has 0 amide bonds. The minimum Gasteiger partial charge on any atom is -0.348 e. The number of rotatable bonds is 0. The third-order valence-corrected chi connectivity index (χ3v) is 4.07. The van der Waals surface area contributed by atoms with Gasteiger partial charge in [-0.3, -0.25) is 5.32 Å². The van der Waals surface area contributed by atoms with E-state index in [0.717, 1.165) is 5.92 Å². The molecule has 1 saturated heterocycles. The first kappa shape index (κ1) is 12.0. The molecule has 2 heteroatoms. The van der Waals surface area contributed by atoms with E-state index in [1.807, 2.05) is 6.92 Å². The van der Waals surface area contributed by atoms with E-state index in [-0.39, 0.29) is 11.8 Å². The zero-order valence-electron chi connectivity index (χ0n) is 10.8. The molecule has 0 aromatic heterocycles. The zero-order valence-corrected chi connectivity index (χ0v) is 10.8. The predicted molar refractivity (Wildman–Crippen MR) is 65.8 cm³/mol. The van der Waals surface area contributed by atoms with Gasteiger partial charge in [-0.25, -0.2) is 0 Å². The molecule has 1 aliphatic carbocycles. The second-order valence-corrected chi connectivity index (χ2v) is 5.84. The van der Waals surface area contributed by atoms with Crippen LogP contribution in [-0.4, -0.2) is 17.9 Å². The van der Waals surface area contributed by atoms with Crippen molar-refractivity contribution in [2.24, 2.45) is 11.8 Å². The van der Waals surface area contributed by atoms with E-state index in [1.54, 1.807) is 0 Å². The monoisotopic (exact) mass is 221 g/mol. The molecular weight excluding hydrogens is 198 g/mol. The van der Waals surface area contributed by atoms with E-state index < -0.39 is 0 Å². The van der Waals surface area contributed by atoms with Crippen LogP contribution < -0.4 is 5.32 Å². The summed E-state index contributed by atoms with van der Waals surface area (Å²) in [5, 5.41) is 3.51. The summed E-state index contributed by atoms with van der Waals surface area (Å²) in [7, 11) is 0. The molecule has 0 bridgehead atoms. The van der Waals surface area contributed by atoms with Crippen LogP contribution in [0, 0.1) is 23.7 Å². The third kappa shape index (κ3) is 2.26. The molecule has 2 nitrogen and oxygen atoms in total. The molecular formula is C14H23NO. The minimum absolute atomic E-state index is 0.0773. The molecule has 0 unspecified atom stereocenters. The highest BCUT2D eigenvalue weighted by molar-refractivity contribution is 5.08. The van der Waals surface area contributed by atoms with Crippen molar-refractivity contribution in [3.63, 3.8) is 0 Å². The van der Waals surface area contributed by atoms with Gasteiger partial charge in [-0.1, -0.05) is 19.3 Å². The Hall–Kier alpha value is -0.520. The quantitative estimate of drug-likeness (QED) is 0.635. The fourth-order valence-corrected chi connectivity index (χ4v) is 3.16. The van der Waals surface area contributed by atoms with Gasteiger partial charge in [0.25, 0.3) is 0 Å². The van der Waals surface area contributed by atoms with E-state index in [9.17, 15) is 0 Å². The minimum atomic E-state index is -0.0773. The topological polar surface area (TPSA) is 21.3 Å². The summed E-state index contributed by atoms with van der Waals surface area (Å²) < 4.78 is 6.05. The molecule has 0 spiro atoms. The number of hydrogen-bond donors (Lipinski definition) is 1. The number of ether oxygens (including phenoxy) is 1. The Morgan fingerprint density at radius 2 is 2.06 bits per heavy atom. The standard InChI is InChI=1S/C14H23NO/c1-5-6-13-15-14(3,4)11-8-7-10(2)9-12(11)16-13/h10-13,15H,7-9H2,1-4H3/t10-,11-,12-,13+/m1/s1. The van der Waals surface area contributed by atoms with Crippen molar-refractivity contribution in [1.82, 2.24) is 5.32 Å². The van der Waals surface area contributed by atoms with Crippen LogP contribution in [0.25, 0.3) is 0 Å². The van der Waals surface area contributed by atoms with E-state index in [1.165, 1.54) is 19.3 Å². The molecule has 2 rings (SSSR count). The number of hydrogen-bond acceptors (Lipinski definition) is 2. The van der Waals surface area contributed by atoms with Gasteiger partial charge in [0.2, 0.25) is 0 Å². The largest absolute Gasteiger partial charge is 0.348 e. The average Bonchev–Trinajstić information content (AvgIpc) is 2.15. The Labute approximate surface area is 99.1 Å². The second kappa shape index (κ2) is 4.39. The Balaban J connectivity index is 2.14. The molecule has 4 atom stereocenters. The first-order valence-electron chi connectivity index (χ1n) is 6.38. The molecule has 1 saturated carbocycles. The summed E-state index contributed by atoms with van der Waals surface area (Å²) in [6.07, 6.45) is 4.12. The summed E-state index contributed by atoms with van der Waals surface area (Å²) in [5.74, 6) is 7.48. The van der Waals surface area contributed by atoms with Gasteiger partial charge in [-0.05, 0) is 39.5 Å². The maximum atomic E-state index is 6.05. The maximum absolute atomic E-state index is 6.05. The van der Waals surface area contributed by atoms with Crippen molar-refractivity contribution in [3.8, 4) is 11.8 Å². The summed E-state index contributed by atoms with van der Waals surface area (Å²) >= 11 is 0. The van der Waals surface area contributed by atoms with Gasteiger partial charge in [0.05, 0.1) is 6.10 Å². The molecule has 1 aliphatic heterocycles. The highest BCUT2D eigenvalue weighted by Crippen LogP contribution is 2.40. The maximum Gasteiger partial charge on any atom is 0.172 e. The number of nitrogens with one attached hydrogen (secondary N) is 1. The van der Waals surface area contributed by atoms with E-state index in [4.69, 9.17) is 4.74 Å². The lowest BCUT2D eigenvalue weighted by Gasteiger charge is -2.50. The normalized spacial score (nSPS) is 41.8. The lowest BCUT2D eigenvalue weighted by Crippen LogP contribution is -2.62. The van der Waals surface area contributed by atoms with Crippen molar-refractivity contribution in [2.75, 3.05) is 0 Å². The number of fused-ring (bicyclic) bond motifs is 1. The van der Waals surface area contributed by atoms with Gasteiger partial charge < -0.3 is 4.74 Å². The van der Waals surface area contributed by atoms with Crippen LogP contribution in [0.1, 0.15) is 47.0 Å². The second-order valence-electron chi connectivity index (χ2n) is 5.84. The van der Waals surface area contributed by atoms with Crippen LogP contribution in [0.4, 0.5) is 0 Å². The van der Waals surface area contributed by atoms with Crippen molar-refractivity contribution in [1.29, 1.82) is 0 Å². The van der Waals surface area contributed by atoms with Gasteiger partial charge >= 0.3 is 0 Å². The van der Waals surface area contributed by atoms with Crippen LogP contribution in [-0.2, 0) is 4.74 Å².